The van der Waals surface area contributed by atoms with Crippen molar-refractivity contribution in [2.75, 3.05) is 7.05 Å². The molecule has 0 unspecified atom stereocenters. The standard InChI is InChI=1S/C13H13ClFNO2S2/c1-16(9-10-2-4-11(15)5-3-10)20(17,18)13-6-7-19-12(13)8-14/h2-7H,8-9H2,1H3. The molecule has 20 heavy (non-hydrogen) atoms. The lowest BCUT2D eigenvalue weighted by Gasteiger charge is -2.17. The highest BCUT2D eigenvalue weighted by Gasteiger charge is 2.24. The number of alkyl halides is 1. The summed E-state index contributed by atoms with van der Waals surface area (Å²) in [5.74, 6) is -0.183. The van der Waals surface area contributed by atoms with Gasteiger partial charge in [-0.1, -0.05) is 12.1 Å². The van der Waals surface area contributed by atoms with Crippen molar-refractivity contribution in [3.63, 3.8) is 0 Å². The minimum atomic E-state index is -3.58. The number of sulfonamides is 1. The Hall–Kier alpha value is -0.950. The van der Waals surface area contributed by atoms with Crippen LogP contribution >= 0.6 is 22.9 Å². The van der Waals surface area contributed by atoms with Crippen molar-refractivity contribution in [1.82, 2.24) is 4.31 Å². The van der Waals surface area contributed by atoms with E-state index in [1.807, 2.05) is 0 Å². The van der Waals surface area contributed by atoms with E-state index in [1.54, 1.807) is 23.6 Å². The smallest absolute Gasteiger partial charge is 0.207 e. The molecule has 0 aliphatic heterocycles. The minimum absolute atomic E-state index is 0.163. The van der Waals surface area contributed by atoms with Crippen molar-refractivity contribution in [3.8, 4) is 0 Å². The first kappa shape index (κ1) is 15.4. The van der Waals surface area contributed by atoms with E-state index >= 15 is 0 Å². The molecule has 1 aromatic carbocycles. The zero-order valence-corrected chi connectivity index (χ0v) is 13.1. The van der Waals surface area contributed by atoms with Gasteiger partial charge in [0.15, 0.2) is 0 Å². The third-order valence-electron chi connectivity index (χ3n) is 2.83. The summed E-state index contributed by atoms with van der Waals surface area (Å²) in [6.45, 7) is 0.181. The molecule has 0 radical (unpaired) electrons. The first-order valence-corrected chi connectivity index (χ1v) is 8.63. The van der Waals surface area contributed by atoms with Gasteiger partial charge in [-0.3, -0.25) is 0 Å². The summed E-state index contributed by atoms with van der Waals surface area (Å²) in [5, 5.41) is 1.70. The summed E-state index contributed by atoms with van der Waals surface area (Å²) in [5.41, 5.74) is 0.722. The average molecular weight is 334 g/mol. The predicted molar refractivity (Wildman–Crippen MR) is 78.9 cm³/mol. The summed E-state index contributed by atoms with van der Waals surface area (Å²) in [4.78, 5) is 0.861. The van der Waals surface area contributed by atoms with Crippen LogP contribution in [0.3, 0.4) is 0 Å². The Bertz CT molecular complexity index is 683. The largest absolute Gasteiger partial charge is 0.244 e. The van der Waals surface area contributed by atoms with Crippen molar-refractivity contribution < 1.29 is 12.8 Å². The van der Waals surface area contributed by atoms with Gasteiger partial charge in [0.05, 0.1) is 10.8 Å². The van der Waals surface area contributed by atoms with E-state index in [1.165, 1.54) is 34.8 Å². The van der Waals surface area contributed by atoms with Gasteiger partial charge in [0, 0.05) is 18.5 Å². The number of nitrogens with zero attached hydrogens (tertiary/aromatic N) is 1. The van der Waals surface area contributed by atoms with E-state index < -0.39 is 10.0 Å². The highest BCUT2D eigenvalue weighted by Crippen LogP contribution is 2.26. The van der Waals surface area contributed by atoms with Crippen molar-refractivity contribution >= 4 is 33.0 Å². The lowest BCUT2D eigenvalue weighted by molar-refractivity contribution is 0.466. The molecule has 3 nitrogen and oxygen atoms in total. The van der Waals surface area contributed by atoms with Crippen LogP contribution in [-0.2, 0) is 22.4 Å². The highest BCUT2D eigenvalue weighted by atomic mass is 35.5. The van der Waals surface area contributed by atoms with Crippen LogP contribution in [0.1, 0.15) is 10.4 Å². The van der Waals surface area contributed by atoms with Gasteiger partial charge in [0.1, 0.15) is 5.82 Å². The van der Waals surface area contributed by atoms with Crippen LogP contribution in [0, 0.1) is 5.82 Å². The summed E-state index contributed by atoms with van der Waals surface area (Å²) in [6, 6.07) is 7.31. The Morgan fingerprint density at radius 3 is 2.50 bits per heavy atom. The molecule has 2 aromatic rings. The van der Waals surface area contributed by atoms with Crippen LogP contribution in [0.5, 0.6) is 0 Å². The zero-order chi connectivity index (χ0) is 14.8. The molecular formula is C13H13ClFNO2S2. The van der Waals surface area contributed by atoms with Crippen LogP contribution in [0.15, 0.2) is 40.6 Å². The second-order valence-electron chi connectivity index (χ2n) is 4.23. The van der Waals surface area contributed by atoms with Gasteiger partial charge in [0.2, 0.25) is 10.0 Å². The first-order chi connectivity index (χ1) is 9.45. The fraction of sp³-hybridized carbons (Fsp3) is 0.231. The second-order valence-corrected chi connectivity index (χ2v) is 7.51. The van der Waals surface area contributed by atoms with Crippen LogP contribution in [0.4, 0.5) is 4.39 Å². The molecule has 0 fully saturated rings. The molecule has 0 saturated heterocycles. The molecule has 0 atom stereocenters. The van der Waals surface area contributed by atoms with Crippen LogP contribution < -0.4 is 0 Å². The minimum Gasteiger partial charge on any atom is -0.207 e. The zero-order valence-electron chi connectivity index (χ0n) is 10.7. The Morgan fingerprint density at radius 2 is 1.90 bits per heavy atom. The molecule has 0 N–H and O–H groups in total. The van der Waals surface area contributed by atoms with Gasteiger partial charge < -0.3 is 0 Å². The lowest BCUT2D eigenvalue weighted by Crippen LogP contribution is -2.26. The summed E-state index contributed by atoms with van der Waals surface area (Å²) in [6.07, 6.45) is 0. The van der Waals surface area contributed by atoms with Crippen molar-refractivity contribution in [3.05, 3.63) is 52.0 Å². The molecule has 1 aromatic heterocycles. The van der Waals surface area contributed by atoms with Crippen LogP contribution in [0.25, 0.3) is 0 Å². The number of thiophene rings is 1. The third-order valence-corrected chi connectivity index (χ3v) is 6.20. The molecule has 108 valence electrons. The summed E-state index contributed by atoms with van der Waals surface area (Å²) < 4.78 is 39.0. The molecule has 7 heteroatoms. The Kier molecular flexibility index (Phi) is 4.80. The number of benzene rings is 1. The Labute approximate surface area is 126 Å². The monoisotopic (exact) mass is 333 g/mol. The van der Waals surface area contributed by atoms with Gasteiger partial charge in [-0.15, -0.1) is 22.9 Å². The first-order valence-electron chi connectivity index (χ1n) is 5.78. The normalized spacial score (nSPS) is 12.0. The third kappa shape index (κ3) is 3.20. The molecule has 1 heterocycles. The molecule has 0 spiro atoms. The van der Waals surface area contributed by atoms with E-state index in [2.05, 4.69) is 0 Å². The van der Waals surface area contributed by atoms with Gasteiger partial charge in [0.25, 0.3) is 0 Å². The quantitative estimate of drug-likeness (QED) is 0.786. The number of halogens is 2. The summed E-state index contributed by atoms with van der Waals surface area (Å²) >= 11 is 7.06. The van der Waals surface area contributed by atoms with Crippen LogP contribution in [-0.4, -0.2) is 19.8 Å². The molecule has 0 amide bonds. The Balaban J connectivity index is 2.23. The maximum atomic E-state index is 12.8. The molecule has 0 saturated carbocycles. The average Bonchev–Trinajstić information content (AvgIpc) is 2.90. The molecule has 0 aliphatic rings. The SMILES string of the molecule is CN(Cc1ccc(F)cc1)S(=O)(=O)c1ccsc1CCl. The van der Waals surface area contributed by atoms with Crippen molar-refractivity contribution in [1.29, 1.82) is 0 Å². The summed E-state index contributed by atoms with van der Waals surface area (Å²) in [7, 11) is -2.09. The van der Waals surface area contributed by atoms with Gasteiger partial charge in [-0.25, -0.2) is 12.8 Å². The van der Waals surface area contributed by atoms with Crippen molar-refractivity contribution in [2.45, 2.75) is 17.3 Å². The number of hydrogen-bond acceptors (Lipinski definition) is 3. The van der Waals surface area contributed by atoms with E-state index in [0.29, 0.717) is 4.88 Å². The van der Waals surface area contributed by atoms with Crippen LogP contribution in [0.2, 0.25) is 0 Å². The van der Waals surface area contributed by atoms with E-state index in [4.69, 9.17) is 11.6 Å². The second kappa shape index (κ2) is 6.22. The van der Waals surface area contributed by atoms with E-state index in [0.717, 1.165) is 5.56 Å². The fourth-order valence-corrected chi connectivity index (χ4v) is 4.58. The molecule has 0 bridgehead atoms. The van der Waals surface area contributed by atoms with Gasteiger partial charge in [-0.2, -0.15) is 4.31 Å². The number of rotatable bonds is 5. The van der Waals surface area contributed by atoms with E-state index in [-0.39, 0.29) is 23.1 Å². The van der Waals surface area contributed by atoms with Gasteiger partial charge in [-0.05, 0) is 29.1 Å². The van der Waals surface area contributed by atoms with E-state index in [9.17, 15) is 12.8 Å². The maximum absolute atomic E-state index is 12.8. The maximum Gasteiger partial charge on any atom is 0.244 e. The van der Waals surface area contributed by atoms with Crippen molar-refractivity contribution in [2.24, 2.45) is 0 Å². The Morgan fingerprint density at radius 1 is 1.25 bits per heavy atom. The predicted octanol–water partition coefficient (Wildman–Crippen LogP) is 3.45. The molecular weight excluding hydrogens is 321 g/mol. The van der Waals surface area contributed by atoms with Gasteiger partial charge >= 0.3 is 0 Å². The highest BCUT2D eigenvalue weighted by molar-refractivity contribution is 7.89. The number of hydrogen-bond donors (Lipinski definition) is 0. The lowest BCUT2D eigenvalue weighted by atomic mass is 10.2. The molecule has 2 rings (SSSR count). The fourth-order valence-electron chi connectivity index (χ4n) is 1.76. The topological polar surface area (TPSA) is 37.4 Å². The molecule has 0 aliphatic carbocycles.